The van der Waals surface area contributed by atoms with E-state index in [1.807, 2.05) is 6.92 Å². The number of hydrogen-bond donors (Lipinski definition) is 3. The zero-order valence-electron chi connectivity index (χ0n) is 15.7. The Balaban J connectivity index is 1.76. The van der Waals surface area contributed by atoms with Crippen LogP contribution in [0.15, 0.2) is 53.4 Å². The molecule has 10 heteroatoms. The Labute approximate surface area is 167 Å². The predicted molar refractivity (Wildman–Crippen MR) is 108 cm³/mol. The lowest BCUT2D eigenvalue weighted by molar-refractivity contribution is 0.555. The van der Waals surface area contributed by atoms with Crippen LogP contribution in [-0.4, -0.2) is 24.9 Å². The van der Waals surface area contributed by atoms with Gasteiger partial charge in [-0.2, -0.15) is 0 Å². The zero-order valence-corrected chi connectivity index (χ0v) is 16.5. The molecule has 0 aliphatic rings. The number of sulfonamides is 1. The quantitative estimate of drug-likeness (QED) is 0.535. The van der Waals surface area contributed by atoms with E-state index in [2.05, 4.69) is 25.3 Å². The van der Waals surface area contributed by atoms with Gasteiger partial charge in [-0.25, -0.2) is 27.2 Å². The number of nitrogens with one attached hydrogen (secondary N) is 3. The highest BCUT2D eigenvalue weighted by Gasteiger charge is 2.20. The van der Waals surface area contributed by atoms with Crippen molar-refractivity contribution in [2.45, 2.75) is 18.7 Å². The Kier molecular flexibility index (Phi) is 5.92. The van der Waals surface area contributed by atoms with Gasteiger partial charge < -0.3 is 10.6 Å². The number of rotatable bonds is 7. The van der Waals surface area contributed by atoms with Gasteiger partial charge in [-0.15, -0.1) is 0 Å². The lowest BCUT2D eigenvalue weighted by Gasteiger charge is -2.11. The van der Waals surface area contributed by atoms with Crippen LogP contribution in [0.25, 0.3) is 0 Å². The maximum Gasteiger partial charge on any atom is 0.264 e. The van der Waals surface area contributed by atoms with Crippen molar-refractivity contribution in [3.8, 4) is 0 Å². The fraction of sp³-hybridized carbons (Fsp3) is 0.158. The van der Waals surface area contributed by atoms with Gasteiger partial charge >= 0.3 is 0 Å². The molecular weight excluding hydrogens is 400 g/mol. The smallest absolute Gasteiger partial charge is 0.264 e. The Morgan fingerprint density at radius 1 is 0.931 bits per heavy atom. The van der Waals surface area contributed by atoms with Crippen LogP contribution in [0.5, 0.6) is 0 Å². The molecule has 3 rings (SSSR count). The van der Waals surface area contributed by atoms with Crippen molar-refractivity contribution < 1.29 is 17.2 Å². The first-order valence-electron chi connectivity index (χ1n) is 8.71. The maximum atomic E-state index is 13.8. The molecule has 0 radical (unpaired) electrons. The number of nitrogens with zero attached hydrogens (tertiary/aromatic N) is 2. The Hall–Kier alpha value is -3.27. The van der Waals surface area contributed by atoms with Gasteiger partial charge in [0.25, 0.3) is 10.0 Å². The molecule has 2 aromatic carbocycles. The van der Waals surface area contributed by atoms with Crippen LogP contribution >= 0.6 is 0 Å². The Bertz CT molecular complexity index is 1120. The average molecular weight is 419 g/mol. The van der Waals surface area contributed by atoms with E-state index in [9.17, 15) is 17.2 Å². The molecule has 3 aromatic rings. The molecular formula is C19H19F2N5O2S. The number of hydrogen-bond acceptors (Lipinski definition) is 6. The van der Waals surface area contributed by atoms with Gasteiger partial charge in [0.15, 0.2) is 0 Å². The van der Waals surface area contributed by atoms with Crippen molar-refractivity contribution in [3.05, 3.63) is 66.0 Å². The van der Waals surface area contributed by atoms with E-state index < -0.39 is 26.6 Å². The van der Waals surface area contributed by atoms with Crippen LogP contribution in [0.2, 0.25) is 0 Å². The monoisotopic (exact) mass is 419 g/mol. The molecule has 0 aliphatic heterocycles. The van der Waals surface area contributed by atoms with E-state index in [-0.39, 0.29) is 5.69 Å². The van der Waals surface area contributed by atoms with E-state index in [0.717, 1.165) is 18.7 Å². The van der Waals surface area contributed by atoms with Gasteiger partial charge in [-0.3, -0.25) is 4.72 Å². The fourth-order valence-electron chi connectivity index (χ4n) is 2.57. The number of anilines is 4. The predicted octanol–water partition coefficient (Wildman–Crippen LogP) is 4.04. The zero-order chi connectivity index (χ0) is 21.0. The van der Waals surface area contributed by atoms with Gasteiger partial charge in [0, 0.05) is 24.0 Å². The second-order valence-electron chi connectivity index (χ2n) is 6.10. The van der Waals surface area contributed by atoms with Gasteiger partial charge in [0.05, 0.1) is 0 Å². The summed E-state index contributed by atoms with van der Waals surface area (Å²) in [7, 11) is -4.27. The van der Waals surface area contributed by atoms with E-state index >= 15 is 0 Å². The largest absolute Gasteiger partial charge is 0.370 e. The second-order valence-corrected chi connectivity index (χ2v) is 7.75. The molecule has 3 N–H and O–H groups in total. The second kappa shape index (κ2) is 8.39. The molecule has 0 aliphatic carbocycles. The molecule has 0 atom stereocenters. The van der Waals surface area contributed by atoms with E-state index in [0.29, 0.717) is 29.2 Å². The highest BCUT2D eigenvalue weighted by molar-refractivity contribution is 7.92. The number of aromatic nitrogens is 2. The van der Waals surface area contributed by atoms with Crippen molar-refractivity contribution in [1.82, 2.24) is 9.97 Å². The van der Waals surface area contributed by atoms with Crippen LogP contribution in [0.4, 0.5) is 31.8 Å². The molecule has 7 nitrogen and oxygen atoms in total. The standard InChI is InChI=1S/C19H19F2N5O2S/c1-3-22-18-11-19(24-12(2)23-18)25-14-5-7-15(8-6-14)26-29(27,28)17-10-13(20)4-9-16(17)21/h4-11,26H,3H2,1-2H3,(H2,22,23,24,25). The van der Waals surface area contributed by atoms with Gasteiger partial charge in [0.1, 0.15) is 34.0 Å². The minimum absolute atomic E-state index is 0.200. The van der Waals surface area contributed by atoms with Gasteiger partial charge in [0.2, 0.25) is 0 Å². The van der Waals surface area contributed by atoms with Gasteiger partial charge in [-0.1, -0.05) is 0 Å². The lowest BCUT2D eigenvalue weighted by atomic mass is 10.3. The van der Waals surface area contributed by atoms with Crippen molar-refractivity contribution in [2.75, 3.05) is 21.9 Å². The lowest BCUT2D eigenvalue weighted by Crippen LogP contribution is -2.15. The first-order chi connectivity index (χ1) is 13.8. The summed E-state index contributed by atoms with van der Waals surface area (Å²) in [5.74, 6) is -0.0312. The summed E-state index contributed by atoms with van der Waals surface area (Å²) in [6.07, 6.45) is 0. The first-order valence-corrected chi connectivity index (χ1v) is 10.2. The molecule has 152 valence electrons. The molecule has 1 heterocycles. The molecule has 0 fully saturated rings. The van der Waals surface area contributed by atoms with Crippen molar-refractivity contribution >= 4 is 33.0 Å². The van der Waals surface area contributed by atoms with Crippen molar-refractivity contribution in [2.24, 2.45) is 0 Å². The molecule has 0 bridgehead atoms. The Morgan fingerprint density at radius 2 is 1.59 bits per heavy atom. The summed E-state index contributed by atoms with van der Waals surface area (Å²) in [6.45, 7) is 4.45. The molecule has 0 amide bonds. The van der Waals surface area contributed by atoms with Crippen LogP contribution in [0.3, 0.4) is 0 Å². The van der Waals surface area contributed by atoms with Crippen molar-refractivity contribution in [3.63, 3.8) is 0 Å². The number of halogens is 2. The third-order valence-electron chi connectivity index (χ3n) is 3.79. The molecule has 29 heavy (non-hydrogen) atoms. The molecule has 0 spiro atoms. The average Bonchev–Trinajstić information content (AvgIpc) is 2.65. The minimum atomic E-state index is -4.27. The third kappa shape index (κ3) is 5.17. The SMILES string of the molecule is CCNc1cc(Nc2ccc(NS(=O)(=O)c3cc(F)ccc3F)cc2)nc(C)n1. The molecule has 0 saturated heterocycles. The summed E-state index contributed by atoms with van der Waals surface area (Å²) >= 11 is 0. The van der Waals surface area contributed by atoms with Crippen LogP contribution in [0, 0.1) is 18.6 Å². The van der Waals surface area contributed by atoms with E-state index in [1.165, 1.54) is 12.1 Å². The van der Waals surface area contributed by atoms with Crippen LogP contribution in [0.1, 0.15) is 12.7 Å². The Morgan fingerprint density at radius 3 is 2.28 bits per heavy atom. The summed E-state index contributed by atoms with van der Waals surface area (Å²) in [4.78, 5) is 7.81. The third-order valence-corrected chi connectivity index (χ3v) is 5.18. The molecule has 0 unspecified atom stereocenters. The molecule has 0 saturated carbocycles. The summed E-state index contributed by atoms with van der Waals surface area (Å²) in [6, 6.07) is 10.3. The van der Waals surface area contributed by atoms with E-state index in [4.69, 9.17) is 0 Å². The minimum Gasteiger partial charge on any atom is -0.370 e. The summed E-state index contributed by atoms with van der Waals surface area (Å²) in [5.41, 5.74) is 0.858. The van der Waals surface area contributed by atoms with Crippen LogP contribution < -0.4 is 15.4 Å². The maximum absolute atomic E-state index is 13.8. The summed E-state index contributed by atoms with van der Waals surface area (Å²) < 4.78 is 54.0. The number of aryl methyl sites for hydroxylation is 1. The van der Waals surface area contributed by atoms with Crippen LogP contribution in [-0.2, 0) is 10.0 Å². The number of benzene rings is 2. The highest BCUT2D eigenvalue weighted by atomic mass is 32.2. The van der Waals surface area contributed by atoms with E-state index in [1.54, 1.807) is 25.1 Å². The molecule has 1 aromatic heterocycles. The van der Waals surface area contributed by atoms with Gasteiger partial charge in [-0.05, 0) is 56.3 Å². The van der Waals surface area contributed by atoms with Crippen molar-refractivity contribution in [1.29, 1.82) is 0 Å². The topological polar surface area (TPSA) is 96.0 Å². The highest BCUT2D eigenvalue weighted by Crippen LogP contribution is 2.23. The summed E-state index contributed by atoms with van der Waals surface area (Å²) in [5, 5.41) is 6.21. The first kappa shape index (κ1) is 20.5. The normalized spacial score (nSPS) is 11.2. The fourth-order valence-corrected chi connectivity index (χ4v) is 3.71.